The molecule has 0 saturated heterocycles. The average Bonchev–Trinajstić information content (AvgIpc) is 1.41. The Hall–Kier alpha value is -1.08. The first-order chi connectivity index (χ1) is 2.41. The number of terminal acetylenes is 1. The van der Waals surface area contributed by atoms with Gasteiger partial charge in [-0.25, -0.2) is 0 Å². The lowest BCUT2D eigenvalue weighted by atomic mass is 11.2. The van der Waals surface area contributed by atoms with E-state index in [9.17, 15) is 0 Å². The third kappa shape index (κ3) is 2.92. The summed E-state index contributed by atoms with van der Waals surface area (Å²) in [5.41, 5.74) is 0. The molecule has 0 amide bonds. The minimum absolute atomic E-state index is 1.53. The van der Waals surface area contributed by atoms with Crippen LogP contribution in [0.2, 0.25) is 0 Å². The fourth-order valence-corrected chi connectivity index (χ4v) is 0.0295. The molecule has 1 heteroatoms. The minimum Gasteiger partial charge on any atom is -0.356 e. The van der Waals surface area contributed by atoms with Crippen molar-refractivity contribution in [2.45, 2.75) is 0 Å². The van der Waals surface area contributed by atoms with Crippen molar-refractivity contribution in [1.29, 1.82) is 0 Å². The zero-order valence-electron chi connectivity index (χ0n) is 2.49. The first kappa shape index (κ1) is 3.92. The highest BCUT2D eigenvalue weighted by atomic mass is 16.5. The summed E-state index contributed by atoms with van der Waals surface area (Å²) in [6, 6.07) is 0. The van der Waals surface area contributed by atoms with Crippen LogP contribution in [0.25, 0.3) is 0 Å². The number of rotatable bonds is 0. The predicted octanol–water partition coefficient (Wildman–Crippen LogP) is 0.141. The highest BCUT2D eigenvalue weighted by molar-refractivity contribution is 4.75. The molecule has 0 bridgehead atoms. The molecule has 0 aliphatic carbocycles. The molecule has 23 valence electrons. The molecular formula is C4HO. The molecular weight excluding hydrogens is 64.0 g/mol. The van der Waals surface area contributed by atoms with Gasteiger partial charge in [0.2, 0.25) is 0 Å². The molecule has 0 aromatic carbocycles. The van der Waals surface area contributed by atoms with Crippen molar-refractivity contribution in [1.82, 2.24) is 0 Å². The van der Waals surface area contributed by atoms with E-state index < -0.39 is 0 Å². The molecule has 0 rings (SSSR count). The monoisotopic (exact) mass is 65.0 g/mol. The molecule has 0 aromatic heterocycles. The Morgan fingerprint density at radius 1 is 1.80 bits per heavy atom. The lowest BCUT2D eigenvalue weighted by Gasteiger charge is -1.63. The van der Waals surface area contributed by atoms with E-state index in [1.165, 1.54) is 6.11 Å². The summed E-state index contributed by atoms with van der Waals surface area (Å²) in [6.45, 7) is 0. The maximum absolute atomic E-state index is 5.99. The maximum Gasteiger partial charge on any atom is 0.144 e. The maximum atomic E-state index is 5.99. The second kappa shape index (κ2) is 2.92. The molecule has 1 radical (unpaired) electrons. The fourth-order valence-electron chi connectivity index (χ4n) is 0.0295. The van der Waals surface area contributed by atoms with E-state index in [2.05, 4.69) is 11.2 Å². The third-order valence-electron chi connectivity index (χ3n) is 0.110. The smallest absolute Gasteiger partial charge is 0.144 e. The molecule has 0 aliphatic rings. The molecule has 0 saturated carbocycles. The van der Waals surface area contributed by atoms with Crippen LogP contribution in [-0.2, 0) is 4.74 Å². The van der Waals surface area contributed by atoms with E-state index in [0.29, 0.717) is 0 Å². The van der Waals surface area contributed by atoms with Gasteiger partial charge in [-0.15, -0.1) is 0 Å². The Morgan fingerprint density at radius 2 is 2.40 bits per heavy atom. The molecule has 0 unspecified atom stereocenters. The van der Waals surface area contributed by atoms with Crippen LogP contribution in [0.4, 0.5) is 0 Å². The topological polar surface area (TPSA) is 9.23 Å². The van der Waals surface area contributed by atoms with Crippen molar-refractivity contribution in [3.8, 4) is 18.6 Å². The largest absolute Gasteiger partial charge is 0.356 e. The van der Waals surface area contributed by atoms with Gasteiger partial charge in [0.1, 0.15) is 12.2 Å². The van der Waals surface area contributed by atoms with Gasteiger partial charge < -0.3 is 4.74 Å². The van der Waals surface area contributed by atoms with Gasteiger partial charge in [0.15, 0.2) is 0 Å². The van der Waals surface area contributed by atoms with Crippen LogP contribution >= 0.6 is 0 Å². The van der Waals surface area contributed by atoms with Crippen LogP contribution in [0, 0.1) is 25.1 Å². The van der Waals surface area contributed by atoms with Crippen molar-refractivity contribution < 1.29 is 4.74 Å². The lowest BCUT2D eigenvalue weighted by molar-refractivity contribution is 0.479. The second-order valence-corrected chi connectivity index (χ2v) is 0.322. The van der Waals surface area contributed by atoms with Gasteiger partial charge >= 0.3 is 0 Å². The Kier molecular flexibility index (Phi) is 2.29. The summed E-state index contributed by atoms with van der Waals surface area (Å²) in [7, 11) is 0. The van der Waals surface area contributed by atoms with Crippen molar-refractivity contribution in [2.24, 2.45) is 0 Å². The number of hydrogen-bond donors (Lipinski definition) is 0. The Morgan fingerprint density at radius 3 is 2.40 bits per heavy atom. The average molecular weight is 65.1 g/mol. The minimum atomic E-state index is 1.53. The lowest BCUT2D eigenvalue weighted by Crippen LogP contribution is -1.55. The van der Waals surface area contributed by atoms with Crippen LogP contribution in [0.1, 0.15) is 0 Å². The van der Waals surface area contributed by atoms with E-state index in [4.69, 9.17) is 6.42 Å². The predicted molar refractivity (Wildman–Crippen MR) is 17.0 cm³/mol. The van der Waals surface area contributed by atoms with Crippen LogP contribution < -0.4 is 0 Å². The molecule has 1 nitrogen and oxygen atoms in total. The second-order valence-electron chi connectivity index (χ2n) is 0.322. The van der Waals surface area contributed by atoms with Gasteiger partial charge in [0.25, 0.3) is 0 Å². The van der Waals surface area contributed by atoms with Crippen LogP contribution in [0.3, 0.4) is 0 Å². The van der Waals surface area contributed by atoms with Crippen LogP contribution in [0.15, 0.2) is 0 Å². The van der Waals surface area contributed by atoms with E-state index in [-0.39, 0.29) is 0 Å². The van der Waals surface area contributed by atoms with Gasteiger partial charge in [-0.05, 0) is 0 Å². The van der Waals surface area contributed by atoms with E-state index in [0.717, 1.165) is 0 Å². The van der Waals surface area contributed by atoms with E-state index in [1.807, 2.05) is 0 Å². The molecule has 0 atom stereocenters. The van der Waals surface area contributed by atoms with Gasteiger partial charge in [-0.2, -0.15) is 0 Å². The van der Waals surface area contributed by atoms with Gasteiger partial charge in [-0.3, -0.25) is 0 Å². The summed E-state index contributed by atoms with van der Waals surface area (Å²) in [5, 5.41) is 0. The summed E-state index contributed by atoms with van der Waals surface area (Å²) >= 11 is 0. The van der Waals surface area contributed by atoms with Gasteiger partial charge in [0.05, 0.1) is 0 Å². The Labute approximate surface area is 30.9 Å². The Balaban J connectivity index is 2.86. The van der Waals surface area contributed by atoms with Crippen LogP contribution in [-0.4, -0.2) is 0 Å². The van der Waals surface area contributed by atoms with Gasteiger partial charge in [-0.1, -0.05) is 6.42 Å². The zero-order valence-corrected chi connectivity index (χ0v) is 2.49. The molecule has 5 heavy (non-hydrogen) atoms. The van der Waals surface area contributed by atoms with Crippen molar-refractivity contribution >= 4 is 0 Å². The standard InChI is InChI=1S/C4HO/c1-3-5-4-2/h1H. The highest BCUT2D eigenvalue weighted by Crippen LogP contribution is 1.50. The Bertz CT molecular complexity index is 68.8. The summed E-state index contributed by atoms with van der Waals surface area (Å²) < 4.78 is 3.78. The molecule has 0 N–H and O–H groups in total. The summed E-state index contributed by atoms with van der Waals surface area (Å²) in [4.78, 5) is 0. The van der Waals surface area contributed by atoms with Gasteiger partial charge in [0, 0.05) is 6.42 Å². The first-order valence-corrected chi connectivity index (χ1v) is 0.947. The normalized spacial score (nSPS) is 3.60. The van der Waals surface area contributed by atoms with Crippen molar-refractivity contribution in [3.63, 3.8) is 0 Å². The molecule has 0 spiro atoms. The van der Waals surface area contributed by atoms with Crippen molar-refractivity contribution in [2.75, 3.05) is 0 Å². The first-order valence-electron chi connectivity index (χ1n) is 0.947. The van der Waals surface area contributed by atoms with Crippen molar-refractivity contribution in [3.05, 3.63) is 6.42 Å². The quantitative estimate of drug-likeness (QED) is 0.365. The zero-order chi connectivity index (χ0) is 4.12. The van der Waals surface area contributed by atoms with E-state index >= 15 is 0 Å². The fraction of sp³-hybridized carbons (Fsp3) is 0. The van der Waals surface area contributed by atoms with Crippen LogP contribution in [0.5, 0.6) is 0 Å². The molecule has 0 fully saturated rings. The third-order valence-corrected chi connectivity index (χ3v) is 0.110. The number of ether oxygens (including phenoxy) is 1. The highest BCUT2D eigenvalue weighted by Gasteiger charge is 1.46. The number of hydrogen-bond acceptors (Lipinski definition) is 1. The van der Waals surface area contributed by atoms with E-state index in [1.54, 1.807) is 6.11 Å². The molecule has 0 heterocycles. The molecule has 0 aromatic rings. The summed E-state index contributed by atoms with van der Waals surface area (Å²) in [6.07, 6.45) is 13.7. The molecule has 0 aliphatic heterocycles. The summed E-state index contributed by atoms with van der Waals surface area (Å²) in [5.74, 6) is 0. The SMILES string of the molecule is [C]#COC#C.